The van der Waals surface area contributed by atoms with Crippen LogP contribution in [0.5, 0.6) is 0 Å². The van der Waals surface area contributed by atoms with Crippen LogP contribution in [-0.2, 0) is 0 Å². The molecule has 8 heteroatoms. The van der Waals surface area contributed by atoms with Crippen LogP contribution >= 0.6 is 11.8 Å². The molecule has 0 unspecified atom stereocenters. The van der Waals surface area contributed by atoms with Crippen LogP contribution in [-0.4, -0.2) is 37.6 Å². The van der Waals surface area contributed by atoms with Crippen molar-refractivity contribution in [1.29, 1.82) is 0 Å². The number of hydrogen-bond acceptors (Lipinski definition) is 6. The maximum atomic E-state index is 13.4. The van der Waals surface area contributed by atoms with Crippen LogP contribution in [0, 0.1) is 18.7 Å². The molecular formula is C28H29FN4O2S. The molecule has 6 nitrogen and oxygen atoms in total. The average Bonchev–Trinajstić information content (AvgIpc) is 3.53. The van der Waals surface area contributed by atoms with E-state index in [1.54, 1.807) is 36.7 Å². The van der Waals surface area contributed by atoms with Gasteiger partial charge in [-0.1, -0.05) is 23.9 Å². The number of benzene rings is 2. The van der Waals surface area contributed by atoms with Gasteiger partial charge in [-0.2, -0.15) is 5.10 Å². The SMILES string of the molecule is Cc1cc(-c2cnc3c(NCC(C)(C)O)cc(Sc4ccc(F)cc4)nn23)ccc1C(=O)CC1CC1. The van der Waals surface area contributed by atoms with Gasteiger partial charge in [0.1, 0.15) is 10.8 Å². The number of nitrogens with one attached hydrogen (secondary N) is 1. The van der Waals surface area contributed by atoms with Crippen molar-refractivity contribution in [3.8, 4) is 11.3 Å². The smallest absolute Gasteiger partial charge is 0.177 e. The Balaban J connectivity index is 1.53. The highest BCUT2D eigenvalue weighted by atomic mass is 32.2. The number of ketones is 1. The average molecular weight is 505 g/mol. The van der Waals surface area contributed by atoms with Gasteiger partial charge in [-0.25, -0.2) is 13.9 Å². The maximum absolute atomic E-state index is 13.4. The third-order valence-corrected chi connectivity index (χ3v) is 7.10. The highest BCUT2D eigenvalue weighted by Gasteiger charge is 2.25. The van der Waals surface area contributed by atoms with E-state index >= 15 is 0 Å². The van der Waals surface area contributed by atoms with Crippen LogP contribution in [0.25, 0.3) is 16.9 Å². The minimum absolute atomic E-state index is 0.203. The van der Waals surface area contributed by atoms with E-state index in [9.17, 15) is 14.3 Å². The zero-order valence-corrected chi connectivity index (χ0v) is 21.4. The van der Waals surface area contributed by atoms with Crippen molar-refractivity contribution in [3.63, 3.8) is 0 Å². The largest absolute Gasteiger partial charge is 0.389 e. The molecule has 0 atom stereocenters. The number of hydrogen-bond donors (Lipinski definition) is 2. The predicted molar refractivity (Wildman–Crippen MR) is 140 cm³/mol. The Morgan fingerprint density at radius 1 is 1.19 bits per heavy atom. The molecule has 36 heavy (non-hydrogen) atoms. The second-order valence-corrected chi connectivity index (χ2v) is 11.2. The van der Waals surface area contributed by atoms with Gasteiger partial charge in [-0.05, 0) is 81.5 Å². The summed E-state index contributed by atoms with van der Waals surface area (Å²) in [5.74, 6) is 0.460. The highest BCUT2D eigenvalue weighted by molar-refractivity contribution is 7.99. The monoisotopic (exact) mass is 504 g/mol. The van der Waals surface area contributed by atoms with E-state index < -0.39 is 5.60 Å². The molecule has 2 N–H and O–H groups in total. The van der Waals surface area contributed by atoms with Gasteiger partial charge in [0.2, 0.25) is 0 Å². The predicted octanol–water partition coefficient (Wildman–Crippen LogP) is 6.16. The number of carbonyl (C=O) groups is 1. The van der Waals surface area contributed by atoms with Crippen molar-refractivity contribution in [2.75, 3.05) is 11.9 Å². The molecule has 1 saturated carbocycles. The van der Waals surface area contributed by atoms with E-state index in [0.717, 1.165) is 45.8 Å². The molecule has 1 fully saturated rings. The Hall–Kier alpha value is -3.23. The zero-order chi connectivity index (χ0) is 25.4. The van der Waals surface area contributed by atoms with Crippen molar-refractivity contribution < 1.29 is 14.3 Å². The van der Waals surface area contributed by atoms with Gasteiger partial charge in [0.15, 0.2) is 11.4 Å². The summed E-state index contributed by atoms with van der Waals surface area (Å²) in [5.41, 5.74) is 3.85. The van der Waals surface area contributed by atoms with Crippen molar-refractivity contribution in [2.45, 2.75) is 55.6 Å². The molecule has 0 saturated heterocycles. The fourth-order valence-corrected chi connectivity index (χ4v) is 4.90. The molecule has 0 radical (unpaired) electrons. The number of anilines is 1. The summed E-state index contributed by atoms with van der Waals surface area (Å²) < 4.78 is 15.2. The molecular weight excluding hydrogens is 475 g/mol. The van der Waals surface area contributed by atoms with E-state index in [1.807, 2.05) is 31.2 Å². The number of aryl methyl sites for hydroxylation is 1. The normalized spacial score (nSPS) is 13.8. The highest BCUT2D eigenvalue weighted by Crippen LogP contribution is 2.35. The summed E-state index contributed by atoms with van der Waals surface area (Å²) >= 11 is 1.41. The summed E-state index contributed by atoms with van der Waals surface area (Å²) in [7, 11) is 0. The van der Waals surface area contributed by atoms with Gasteiger partial charge in [-0.3, -0.25) is 4.79 Å². The third kappa shape index (κ3) is 5.60. The lowest BCUT2D eigenvalue weighted by molar-refractivity contribution is 0.0943. The maximum Gasteiger partial charge on any atom is 0.177 e. The Labute approximate surface area is 214 Å². The summed E-state index contributed by atoms with van der Waals surface area (Å²) in [4.78, 5) is 18.2. The number of carbonyl (C=O) groups excluding carboxylic acids is 1. The first kappa shape index (κ1) is 24.5. The molecule has 0 bridgehead atoms. The molecule has 2 aromatic carbocycles. The van der Waals surface area contributed by atoms with Crippen LogP contribution < -0.4 is 5.32 Å². The van der Waals surface area contributed by atoms with E-state index in [1.165, 1.54) is 23.9 Å². The van der Waals surface area contributed by atoms with Crippen molar-refractivity contribution in [1.82, 2.24) is 14.6 Å². The summed E-state index contributed by atoms with van der Waals surface area (Å²) in [5, 5.41) is 19.1. The molecule has 0 amide bonds. The Morgan fingerprint density at radius 3 is 2.61 bits per heavy atom. The van der Waals surface area contributed by atoms with Crippen LogP contribution in [0.1, 0.15) is 49.0 Å². The minimum atomic E-state index is -0.917. The molecule has 1 aliphatic carbocycles. The Morgan fingerprint density at radius 2 is 1.94 bits per heavy atom. The van der Waals surface area contributed by atoms with Gasteiger partial charge >= 0.3 is 0 Å². The lowest BCUT2D eigenvalue weighted by Crippen LogP contribution is -2.29. The van der Waals surface area contributed by atoms with Gasteiger partial charge < -0.3 is 10.4 Å². The van der Waals surface area contributed by atoms with E-state index in [0.29, 0.717) is 29.6 Å². The third-order valence-electron chi connectivity index (χ3n) is 6.19. The lowest BCUT2D eigenvalue weighted by atomic mass is 9.98. The molecule has 0 aliphatic heterocycles. The summed E-state index contributed by atoms with van der Waals surface area (Å²) in [6.45, 7) is 5.76. The van der Waals surface area contributed by atoms with Crippen LogP contribution in [0.15, 0.2) is 64.6 Å². The van der Waals surface area contributed by atoms with Gasteiger partial charge in [0.25, 0.3) is 0 Å². The molecule has 5 rings (SSSR count). The number of aromatic nitrogens is 3. The number of fused-ring (bicyclic) bond motifs is 1. The number of aliphatic hydroxyl groups is 1. The number of nitrogens with zero attached hydrogens (tertiary/aromatic N) is 3. The van der Waals surface area contributed by atoms with E-state index in [-0.39, 0.29) is 11.6 Å². The first-order valence-electron chi connectivity index (χ1n) is 12.1. The fraction of sp³-hybridized carbons (Fsp3) is 0.321. The van der Waals surface area contributed by atoms with Crippen LogP contribution in [0.3, 0.4) is 0 Å². The minimum Gasteiger partial charge on any atom is -0.389 e. The summed E-state index contributed by atoms with van der Waals surface area (Å²) in [6.07, 6.45) is 4.69. The number of imidazole rings is 1. The van der Waals surface area contributed by atoms with Gasteiger partial charge in [-0.15, -0.1) is 0 Å². The van der Waals surface area contributed by atoms with Crippen LogP contribution in [0.4, 0.5) is 10.1 Å². The number of halogens is 1. The molecule has 2 aromatic heterocycles. The topological polar surface area (TPSA) is 79.5 Å². The van der Waals surface area contributed by atoms with Crippen LogP contribution in [0.2, 0.25) is 0 Å². The van der Waals surface area contributed by atoms with Gasteiger partial charge in [0.05, 0.1) is 23.2 Å². The second-order valence-electron chi connectivity index (χ2n) is 10.1. The fourth-order valence-electron chi connectivity index (χ4n) is 4.09. The standard InChI is InChI=1S/C28H29FN4O2S/c1-17-12-19(6-11-22(17)25(34)13-18-4-5-18)24-15-30-27-23(31-16-28(2,3)35)14-26(32-33(24)27)36-21-9-7-20(29)8-10-21/h6-12,14-15,18,31,35H,4-5,13,16H2,1-3H3. The van der Waals surface area contributed by atoms with E-state index in [4.69, 9.17) is 5.10 Å². The van der Waals surface area contributed by atoms with E-state index in [2.05, 4.69) is 10.3 Å². The molecule has 0 spiro atoms. The van der Waals surface area contributed by atoms with Gasteiger partial charge in [0, 0.05) is 29.0 Å². The molecule has 1 aliphatic rings. The Kier molecular flexibility index (Phi) is 6.57. The van der Waals surface area contributed by atoms with Crippen molar-refractivity contribution in [3.05, 3.63) is 71.7 Å². The molecule has 4 aromatic rings. The number of rotatable bonds is 9. The summed E-state index contributed by atoms with van der Waals surface area (Å²) in [6, 6.07) is 14.0. The molecule has 186 valence electrons. The Bertz CT molecular complexity index is 1420. The quantitative estimate of drug-likeness (QED) is 0.266. The van der Waals surface area contributed by atoms with Crippen molar-refractivity contribution >= 4 is 28.9 Å². The first-order chi connectivity index (χ1) is 17.2. The lowest BCUT2D eigenvalue weighted by Gasteiger charge is -2.19. The number of Topliss-reactive ketones (excluding diaryl/α,β-unsaturated/α-hetero) is 1. The van der Waals surface area contributed by atoms with Crippen molar-refractivity contribution in [2.24, 2.45) is 5.92 Å². The second kappa shape index (κ2) is 9.67. The first-order valence-corrected chi connectivity index (χ1v) is 12.9. The zero-order valence-electron chi connectivity index (χ0n) is 20.6. The molecule has 2 heterocycles.